The van der Waals surface area contributed by atoms with Crippen molar-refractivity contribution in [2.45, 2.75) is 32.1 Å². The summed E-state index contributed by atoms with van der Waals surface area (Å²) in [5.74, 6) is 1.81. The first-order chi connectivity index (χ1) is 13.1. The number of hydrogen-bond acceptors (Lipinski definition) is 7. The van der Waals surface area contributed by atoms with Gasteiger partial charge in [0.2, 0.25) is 0 Å². The number of aromatic nitrogens is 3. The van der Waals surface area contributed by atoms with E-state index in [1.807, 2.05) is 12.1 Å². The monoisotopic (exact) mass is 392 g/mol. The van der Waals surface area contributed by atoms with Crippen LogP contribution in [0.25, 0.3) is 0 Å². The molecule has 1 atom stereocenters. The lowest BCUT2D eigenvalue weighted by atomic mass is 10.2. The number of pyridine rings is 1. The third-order valence-corrected chi connectivity index (χ3v) is 5.00. The Morgan fingerprint density at radius 2 is 2.30 bits per heavy atom. The molecule has 0 aliphatic carbocycles. The minimum atomic E-state index is -0.0672. The van der Waals surface area contributed by atoms with Gasteiger partial charge in [-0.25, -0.2) is 9.78 Å². The van der Waals surface area contributed by atoms with Crippen molar-refractivity contribution in [2.24, 2.45) is 0 Å². The van der Waals surface area contributed by atoms with Crippen LogP contribution in [-0.2, 0) is 11.3 Å². The first-order valence-electron chi connectivity index (χ1n) is 8.90. The molecule has 1 N–H and O–H groups in total. The molecule has 2 aliphatic heterocycles. The molecule has 2 aromatic heterocycles. The highest BCUT2D eigenvalue weighted by Crippen LogP contribution is 2.26. The highest BCUT2D eigenvalue weighted by molar-refractivity contribution is 6.32. The van der Waals surface area contributed by atoms with Crippen LogP contribution in [0, 0.1) is 6.92 Å². The Morgan fingerprint density at radius 1 is 1.44 bits per heavy atom. The molecule has 144 valence electrons. The van der Waals surface area contributed by atoms with E-state index < -0.39 is 0 Å². The van der Waals surface area contributed by atoms with Crippen molar-refractivity contribution in [3.8, 4) is 0 Å². The molecular formula is C17H21ClN6O3. The molecular weight excluding hydrogens is 372 g/mol. The lowest BCUT2D eigenvalue weighted by Gasteiger charge is -2.39. The summed E-state index contributed by atoms with van der Waals surface area (Å²) < 4.78 is 10.7. The van der Waals surface area contributed by atoms with Gasteiger partial charge in [-0.15, -0.1) is 0 Å². The molecule has 2 aromatic rings. The van der Waals surface area contributed by atoms with E-state index in [-0.39, 0.29) is 24.8 Å². The van der Waals surface area contributed by atoms with Gasteiger partial charge in [-0.05, 0) is 25.5 Å². The zero-order chi connectivity index (χ0) is 18.8. The Labute approximate surface area is 161 Å². The average molecular weight is 393 g/mol. The van der Waals surface area contributed by atoms with Crippen molar-refractivity contribution in [2.75, 3.05) is 31.1 Å². The van der Waals surface area contributed by atoms with Crippen molar-refractivity contribution in [3.05, 3.63) is 35.1 Å². The molecule has 1 unspecified atom stereocenters. The Hall–Kier alpha value is -2.39. The maximum atomic E-state index is 12.4. The van der Waals surface area contributed by atoms with E-state index in [0.717, 1.165) is 18.8 Å². The standard InChI is InChI=1S/C17H21ClN6O3/c1-11-20-15(27-22-11)10-26-13-8-24(9-13)17(25)21-12-4-6-23(7-12)16-14(18)3-2-5-19-16/h2-3,5,12-13H,4,6-10H2,1H3,(H,21,25). The van der Waals surface area contributed by atoms with Crippen LogP contribution < -0.4 is 10.2 Å². The molecule has 4 rings (SSSR count). The van der Waals surface area contributed by atoms with Crippen LogP contribution in [-0.4, -0.2) is 64.4 Å². The largest absolute Gasteiger partial charge is 0.365 e. The second-order valence-corrected chi connectivity index (χ2v) is 7.17. The van der Waals surface area contributed by atoms with E-state index in [9.17, 15) is 4.79 Å². The summed E-state index contributed by atoms with van der Waals surface area (Å²) in [6.45, 7) is 4.66. The maximum absolute atomic E-state index is 12.4. The van der Waals surface area contributed by atoms with Crippen molar-refractivity contribution in [1.29, 1.82) is 0 Å². The van der Waals surface area contributed by atoms with Gasteiger partial charge in [-0.2, -0.15) is 4.98 Å². The molecule has 2 saturated heterocycles. The molecule has 9 nitrogen and oxygen atoms in total. The summed E-state index contributed by atoms with van der Waals surface area (Å²) in [6, 6.07) is 3.65. The van der Waals surface area contributed by atoms with Gasteiger partial charge in [0.1, 0.15) is 12.4 Å². The lowest BCUT2D eigenvalue weighted by molar-refractivity contribution is -0.0518. The van der Waals surface area contributed by atoms with E-state index in [4.69, 9.17) is 20.9 Å². The molecule has 2 fully saturated rings. The molecule has 2 amide bonds. The van der Waals surface area contributed by atoms with Crippen LogP contribution in [0.5, 0.6) is 0 Å². The highest BCUT2D eigenvalue weighted by Gasteiger charge is 2.34. The summed E-state index contributed by atoms with van der Waals surface area (Å²) >= 11 is 6.20. The summed E-state index contributed by atoms with van der Waals surface area (Å²) in [4.78, 5) is 24.6. The van der Waals surface area contributed by atoms with Crippen LogP contribution in [0.3, 0.4) is 0 Å². The van der Waals surface area contributed by atoms with Gasteiger partial charge in [0, 0.05) is 25.3 Å². The fourth-order valence-corrected chi connectivity index (χ4v) is 3.48. The van der Waals surface area contributed by atoms with Gasteiger partial charge in [0.05, 0.1) is 24.2 Å². The molecule has 0 spiro atoms. The third kappa shape index (κ3) is 4.14. The fourth-order valence-electron chi connectivity index (χ4n) is 3.24. The SMILES string of the molecule is Cc1noc(COC2CN(C(=O)NC3CCN(c4ncccc4Cl)C3)C2)n1. The van der Waals surface area contributed by atoms with Crippen LogP contribution >= 0.6 is 11.6 Å². The predicted octanol–water partition coefficient (Wildman–Crippen LogP) is 1.62. The number of likely N-dealkylation sites (tertiary alicyclic amines) is 1. The van der Waals surface area contributed by atoms with Crippen molar-refractivity contribution in [1.82, 2.24) is 25.3 Å². The number of nitrogens with one attached hydrogen (secondary N) is 1. The second kappa shape index (κ2) is 7.69. The number of halogens is 1. The van der Waals surface area contributed by atoms with E-state index in [1.165, 1.54) is 0 Å². The molecule has 2 aliphatic rings. The van der Waals surface area contributed by atoms with Gasteiger partial charge in [-0.3, -0.25) is 0 Å². The first kappa shape index (κ1) is 18.0. The second-order valence-electron chi connectivity index (χ2n) is 6.76. The predicted molar refractivity (Wildman–Crippen MR) is 97.6 cm³/mol. The van der Waals surface area contributed by atoms with Crippen LogP contribution in [0.2, 0.25) is 5.02 Å². The van der Waals surface area contributed by atoms with Crippen LogP contribution in [0.4, 0.5) is 10.6 Å². The molecule has 10 heteroatoms. The summed E-state index contributed by atoms with van der Waals surface area (Å²) in [6.07, 6.45) is 2.58. The lowest BCUT2D eigenvalue weighted by Crippen LogP contribution is -2.59. The van der Waals surface area contributed by atoms with E-state index in [0.29, 0.717) is 36.4 Å². The van der Waals surface area contributed by atoms with Gasteiger partial charge in [0.15, 0.2) is 5.82 Å². The van der Waals surface area contributed by atoms with Gasteiger partial charge >= 0.3 is 6.03 Å². The highest BCUT2D eigenvalue weighted by atomic mass is 35.5. The minimum Gasteiger partial charge on any atom is -0.365 e. The molecule has 27 heavy (non-hydrogen) atoms. The van der Waals surface area contributed by atoms with Gasteiger partial charge in [-0.1, -0.05) is 16.8 Å². The first-order valence-corrected chi connectivity index (χ1v) is 9.28. The summed E-state index contributed by atoms with van der Waals surface area (Å²) in [7, 11) is 0. The number of hydrogen-bond donors (Lipinski definition) is 1. The van der Waals surface area contributed by atoms with Crippen LogP contribution in [0.15, 0.2) is 22.9 Å². The van der Waals surface area contributed by atoms with Crippen molar-refractivity contribution in [3.63, 3.8) is 0 Å². The number of anilines is 1. The average Bonchev–Trinajstić information content (AvgIpc) is 3.23. The molecule has 4 heterocycles. The van der Waals surface area contributed by atoms with Crippen LogP contribution in [0.1, 0.15) is 18.1 Å². The Morgan fingerprint density at radius 3 is 3.04 bits per heavy atom. The van der Waals surface area contributed by atoms with Gasteiger partial charge < -0.3 is 24.4 Å². The fraction of sp³-hybridized carbons (Fsp3) is 0.529. The molecule has 0 aromatic carbocycles. The van der Waals surface area contributed by atoms with Crippen molar-refractivity contribution < 1.29 is 14.1 Å². The molecule has 0 bridgehead atoms. The number of ether oxygens (including phenoxy) is 1. The van der Waals surface area contributed by atoms with E-state index >= 15 is 0 Å². The number of aryl methyl sites for hydroxylation is 1. The maximum Gasteiger partial charge on any atom is 0.317 e. The number of carbonyl (C=O) groups excluding carboxylic acids is 1. The number of rotatable bonds is 5. The number of carbonyl (C=O) groups is 1. The van der Waals surface area contributed by atoms with Gasteiger partial charge in [0.25, 0.3) is 5.89 Å². The Kier molecular flexibility index (Phi) is 5.13. The topological polar surface area (TPSA) is 96.6 Å². The normalized spacial score (nSPS) is 20.0. The minimum absolute atomic E-state index is 0.00430. The quantitative estimate of drug-likeness (QED) is 0.825. The number of nitrogens with zero attached hydrogens (tertiary/aromatic N) is 5. The number of amides is 2. The zero-order valence-corrected chi connectivity index (χ0v) is 15.7. The Balaban J connectivity index is 1.19. The van der Waals surface area contributed by atoms with Crippen molar-refractivity contribution >= 4 is 23.4 Å². The van der Waals surface area contributed by atoms with E-state index in [1.54, 1.807) is 18.0 Å². The molecule has 0 saturated carbocycles. The van der Waals surface area contributed by atoms with E-state index in [2.05, 4.69) is 25.3 Å². The molecule has 0 radical (unpaired) electrons. The Bertz CT molecular complexity index is 809. The number of urea groups is 1. The summed E-state index contributed by atoms with van der Waals surface area (Å²) in [5.41, 5.74) is 0. The third-order valence-electron chi connectivity index (χ3n) is 4.70. The summed E-state index contributed by atoms with van der Waals surface area (Å²) in [5, 5.41) is 7.42. The smallest absolute Gasteiger partial charge is 0.317 e. The zero-order valence-electron chi connectivity index (χ0n) is 15.0.